The highest BCUT2D eigenvalue weighted by Crippen LogP contribution is 2.23. The zero-order valence-electron chi connectivity index (χ0n) is 10.6. The molecule has 0 fully saturated rings. The number of carbonyl (C=O) groups is 1. The Labute approximate surface area is 110 Å². The smallest absolute Gasteiger partial charge is 0.240 e. The van der Waals surface area contributed by atoms with Crippen LogP contribution >= 0.6 is 12.2 Å². The Bertz CT molecular complexity index is 656. The highest BCUT2D eigenvalue weighted by molar-refractivity contribution is 7.71. The lowest BCUT2D eigenvalue weighted by Gasteiger charge is -2.19. The van der Waals surface area contributed by atoms with E-state index in [0.29, 0.717) is 10.4 Å². The van der Waals surface area contributed by atoms with Gasteiger partial charge in [0.05, 0.1) is 5.52 Å². The average molecular weight is 264 g/mol. The molecule has 1 unspecified atom stereocenters. The zero-order chi connectivity index (χ0) is 13.4. The molecular weight excluding hydrogens is 248 g/mol. The largest absolute Gasteiger partial charge is 0.368 e. The summed E-state index contributed by atoms with van der Waals surface area (Å²) >= 11 is 5.27. The molecule has 18 heavy (non-hydrogen) atoms. The number of rotatable bonds is 3. The highest BCUT2D eigenvalue weighted by atomic mass is 32.1. The normalized spacial score (nSPS) is 13.1. The number of hydrogen-bond acceptors (Lipinski definition) is 3. The summed E-state index contributed by atoms with van der Waals surface area (Å²) in [6.45, 7) is 5.82. The van der Waals surface area contributed by atoms with Crippen LogP contribution in [0.2, 0.25) is 0 Å². The van der Waals surface area contributed by atoms with E-state index in [2.05, 4.69) is 9.97 Å². The fraction of sp³-hybridized carbons (Fsp3) is 0.417. The Hall–Kier alpha value is -1.69. The molecule has 0 radical (unpaired) electrons. The van der Waals surface area contributed by atoms with Crippen molar-refractivity contribution in [2.45, 2.75) is 26.8 Å². The summed E-state index contributed by atoms with van der Waals surface area (Å²) in [6.07, 6.45) is 1.75. The minimum atomic E-state index is -0.485. The molecule has 0 saturated heterocycles. The van der Waals surface area contributed by atoms with Crippen molar-refractivity contribution in [2.24, 2.45) is 11.7 Å². The third-order valence-corrected chi connectivity index (χ3v) is 3.19. The molecule has 0 aliphatic heterocycles. The van der Waals surface area contributed by atoms with Gasteiger partial charge >= 0.3 is 0 Å². The van der Waals surface area contributed by atoms with Crippen molar-refractivity contribution in [3.05, 3.63) is 22.6 Å². The lowest BCUT2D eigenvalue weighted by molar-refractivity contribution is -0.122. The molecule has 2 aromatic rings. The maximum absolute atomic E-state index is 11.6. The van der Waals surface area contributed by atoms with Crippen molar-refractivity contribution in [3.63, 3.8) is 0 Å². The Balaban J connectivity index is 2.73. The molecule has 0 aromatic carbocycles. The average Bonchev–Trinajstić information content (AvgIpc) is 2.54. The number of hydrogen-bond donors (Lipinski definition) is 2. The van der Waals surface area contributed by atoms with Crippen molar-refractivity contribution in [1.29, 1.82) is 0 Å². The van der Waals surface area contributed by atoms with Gasteiger partial charge in [0.25, 0.3) is 0 Å². The molecule has 3 N–H and O–H groups in total. The summed E-state index contributed by atoms with van der Waals surface area (Å²) in [6, 6.07) is 1.47. The van der Waals surface area contributed by atoms with E-state index >= 15 is 0 Å². The lowest BCUT2D eigenvalue weighted by atomic mass is 10.0. The number of fused-ring (bicyclic) bond motifs is 1. The van der Waals surface area contributed by atoms with Gasteiger partial charge in [-0.15, -0.1) is 0 Å². The number of nitrogens with two attached hydrogens (primary N) is 1. The number of amides is 1. The molecule has 0 spiro atoms. The van der Waals surface area contributed by atoms with Crippen LogP contribution in [0, 0.1) is 17.6 Å². The van der Waals surface area contributed by atoms with Gasteiger partial charge in [0, 0.05) is 6.20 Å². The van der Waals surface area contributed by atoms with Crippen LogP contribution < -0.4 is 5.73 Å². The number of nitrogens with one attached hydrogen (secondary N) is 1. The first kappa shape index (κ1) is 12.8. The molecule has 1 amide bonds. The third-order valence-electron chi connectivity index (χ3n) is 2.89. The Morgan fingerprint density at radius 1 is 1.56 bits per heavy atom. The number of imidazole rings is 1. The molecule has 0 aliphatic carbocycles. The van der Waals surface area contributed by atoms with Crippen LogP contribution in [0.4, 0.5) is 0 Å². The summed E-state index contributed by atoms with van der Waals surface area (Å²) in [5.41, 5.74) is 8.00. The molecule has 2 rings (SSSR count). The Morgan fingerprint density at radius 3 is 2.78 bits per heavy atom. The summed E-state index contributed by atoms with van der Waals surface area (Å²) in [7, 11) is 0. The molecule has 0 aliphatic rings. The van der Waals surface area contributed by atoms with Crippen molar-refractivity contribution < 1.29 is 4.79 Å². The number of primary amides is 1. The molecule has 0 bridgehead atoms. The first-order valence-corrected chi connectivity index (χ1v) is 6.19. The van der Waals surface area contributed by atoms with Gasteiger partial charge in [-0.2, -0.15) is 0 Å². The van der Waals surface area contributed by atoms with Crippen LogP contribution in [0.1, 0.15) is 25.5 Å². The number of aromatic nitrogens is 3. The van der Waals surface area contributed by atoms with Gasteiger partial charge < -0.3 is 10.7 Å². The van der Waals surface area contributed by atoms with E-state index in [1.807, 2.05) is 26.8 Å². The van der Waals surface area contributed by atoms with Crippen LogP contribution in [-0.4, -0.2) is 20.4 Å². The molecular formula is C12H16N4OS. The monoisotopic (exact) mass is 264 g/mol. The number of aromatic amines is 1. The fourth-order valence-corrected chi connectivity index (χ4v) is 2.44. The van der Waals surface area contributed by atoms with E-state index in [9.17, 15) is 4.79 Å². The molecule has 0 saturated carbocycles. The van der Waals surface area contributed by atoms with E-state index in [-0.39, 0.29) is 5.92 Å². The van der Waals surface area contributed by atoms with Crippen molar-refractivity contribution in [2.75, 3.05) is 0 Å². The SMILES string of the molecule is Cc1cnc2c(c1)[nH]c(=S)n2C(C(N)=O)C(C)C. The first-order chi connectivity index (χ1) is 8.41. The van der Waals surface area contributed by atoms with Gasteiger partial charge in [-0.1, -0.05) is 13.8 Å². The Morgan fingerprint density at radius 2 is 2.22 bits per heavy atom. The fourth-order valence-electron chi connectivity index (χ4n) is 2.13. The van der Waals surface area contributed by atoms with Crippen LogP contribution in [0.25, 0.3) is 11.2 Å². The maximum atomic E-state index is 11.6. The summed E-state index contributed by atoms with van der Waals surface area (Å²) in [4.78, 5) is 19.0. The van der Waals surface area contributed by atoms with Gasteiger partial charge in [0.15, 0.2) is 10.4 Å². The molecule has 2 aromatic heterocycles. The first-order valence-electron chi connectivity index (χ1n) is 5.78. The quantitative estimate of drug-likeness (QED) is 0.833. The summed E-state index contributed by atoms with van der Waals surface area (Å²) < 4.78 is 2.18. The third kappa shape index (κ3) is 2.03. The molecule has 1 atom stereocenters. The highest BCUT2D eigenvalue weighted by Gasteiger charge is 2.24. The van der Waals surface area contributed by atoms with Gasteiger partial charge in [-0.05, 0) is 36.7 Å². The summed E-state index contributed by atoms with van der Waals surface area (Å²) in [5, 5.41) is 0. The minimum Gasteiger partial charge on any atom is -0.368 e. The van der Waals surface area contributed by atoms with Crippen molar-refractivity contribution in [3.8, 4) is 0 Å². The van der Waals surface area contributed by atoms with Gasteiger partial charge in [0.1, 0.15) is 6.04 Å². The topological polar surface area (TPSA) is 76.7 Å². The molecule has 6 heteroatoms. The van der Waals surface area contributed by atoms with Crippen LogP contribution in [-0.2, 0) is 4.79 Å². The van der Waals surface area contributed by atoms with Gasteiger partial charge in [-0.25, -0.2) is 4.98 Å². The second-order valence-electron chi connectivity index (χ2n) is 4.78. The standard InChI is InChI=1S/C12H16N4OS/c1-6(2)9(10(13)17)16-11-8(15-12(16)18)4-7(3)5-14-11/h4-6,9H,1-3H3,(H2,13,17)(H,15,18). The zero-order valence-corrected chi connectivity index (χ0v) is 11.4. The molecule has 5 nitrogen and oxygen atoms in total. The van der Waals surface area contributed by atoms with Crippen LogP contribution in [0.5, 0.6) is 0 Å². The minimum absolute atomic E-state index is 0.0521. The maximum Gasteiger partial charge on any atom is 0.240 e. The van der Waals surface area contributed by atoms with E-state index in [0.717, 1.165) is 11.1 Å². The number of H-pyrrole nitrogens is 1. The molecule has 2 heterocycles. The number of aryl methyl sites for hydroxylation is 1. The molecule has 96 valence electrons. The predicted molar refractivity (Wildman–Crippen MR) is 72.7 cm³/mol. The van der Waals surface area contributed by atoms with Gasteiger partial charge in [0.2, 0.25) is 5.91 Å². The number of pyridine rings is 1. The number of nitrogens with zero attached hydrogens (tertiary/aromatic N) is 2. The predicted octanol–water partition coefficient (Wildman–Crippen LogP) is 2.08. The van der Waals surface area contributed by atoms with E-state index in [1.165, 1.54) is 0 Å². The van der Waals surface area contributed by atoms with Crippen LogP contribution in [0.3, 0.4) is 0 Å². The van der Waals surface area contributed by atoms with Gasteiger partial charge in [-0.3, -0.25) is 9.36 Å². The van der Waals surface area contributed by atoms with E-state index in [4.69, 9.17) is 18.0 Å². The lowest BCUT2D eigenvalue weighted by Crippen LogP contribution is -2.30. The van der Waals surface area contributed by atoms with E-state index < -0.39 is 11.9 Å². The second-order valence-corrected chi connectivity index (χ2v) is 5.16. The van der Waals surface area contributed by atoms with Crippen molar-refractivity contribution in [1.82, 2.24) is 14.5 Å². The Kier molecular flexibility index (Phi) is 3.21. The number of carbonyl (C=O) groups excluding carboxylic acids is 1. The van der Waals surface area contributed by atoms with Crippen molar-refractivity contribution >= 4 is 29.3 Å². The van der Waals surface area contributed by atoms with Crippen LogP contribution in [0.15, 0.2) is 12.3 Å². The second kappa shape index (κ2) is 4.53. The summed E-state index contributed by atoms with van der Waals surface area (Å²) in [5.74, 6) is -0.347. The van der Waals surface area contributed by atoms with E-state index in [1.54, 1.807) is 10.8 Å².